The summed E-state index contributed by atoms with van der Waals surface area (Å²) >= 11 is 1.26. The van der Waals surface area contributed by atoms with E-state index < -0.39 is 54.5 Å². The van der Waals surface area contributed by atoms with Crippen LogP contribution in [0.25, 0.3) is 6.08 Å². The molecule has 1 aromatic carbocycles. The Kier molecular flexibility index (Phi) is 8.49. The maximum absolute atomic E-state index is 12.7. The molecule has 2 heterocycles. The second kappa shape index (κ2) is 11.5. The summed E-state index contributed by atoms with van der Waals surface area (Å²) in [5.74, 6) is -2.16. The Morgan fingerprint density at radius 1 is 1.21 bits per heavy atom. The van der Waals surface area contributed by atoms with Gasteiger partial charge in [-0.25, -0.2) is 4.79 Å². The quantitative estimate of drug-likeness (QED) is 0.149. The molecule has 0 saturated carbocycles. The van der Waals surface area contributed by atoms with E-state index in [1.54, 1.807) is 0 Å². The third kappa shape index (κ3) is 6.03. The number of hydrogen-bond donors (Lipinski definition) is 6. The Labute approximate surface area is 227 Å². The summed E-state index contributed by atoms with van der Waals surface area (Å²) in [6.45, 7) is 2.87. The Hall–Kier alpha value is -3.20. The van der Waals surface area contributed by atoms with Crippen molar-refractivity contribution in [3.05, 3.63) is 52.1 Å². The highest BCUT2D eigenvalue weighted by Crippen LogP contribution is 2.47. The Bertz CT molecular complexity index is 1250. The number of phenols is 2. The molecule has 39 heavy (non-hydrogen) atoms. The average molecular weight is 564 g/mol. The van der Waals surface area contributed by atoms with E-state index in [1.165, 1.54) is 42.1 Å². The summed E-state index contributed by atoms with van der Waals surface area (Å²) in [7, 11) is 0. The third-order valence-corrected chi connectivity index (χ3v) is 8.06. The lowest BCUT2D eigenvalue weighted by atomic mass is 9.78. The van der Waals surface area contributed by atoms with Gasteiger partial charge in [0, 0.05) is 16.4 Å². The van der Waals surface area contributed by atoms with E-state index in [4.69, 9.17) is 14.2 Å². The number of esters is 1. The highest BCUT2D eigenvalue weighted by molar-refractivity contribution is 8.03. The van der Waals surface area contributed by atoms with Crippen LogP contribution < -0.4 is 5.32 Å². The fourth-order valence-corrected chi connectivity index (χ4v) is 5.49. The normalized spacial score (nSPS) is 28.6. The van der Waals surface area contributed by atoms with E-state index in [-0.39, 0.29) is 35.5 Å². The van der Waals surface area contributed by atoms with Crippen LogP contribution in [0.15, 0.2) is 46.5 Å². The minimum atomic E-state index is -1.68. The molecule has 5 atom stereocenters. The van der Waals surface area contributed by atoms with Crippen LogP contribution in [0.2, 0.25) is 0 Å². The molecular formula is C26H29NO11S. The standard InChI is InChI=1S/C26H29NO11S/c1-26(2)13(8-16(31)20-24(26)39-11-18(32)27-20)10-36-25-23(22(35)21(34)17(9-28)37-25)38-19(33)6-4-12-3-5-14(29)15(30)7-12/h3-8,17,21-23,25,28-30,34-35H,9-11H2,1-2H3,(H,27,32). The van der Waals surface area contributed by atoms with Gasteiger partial charge in [0.15, 0.2) is 23.9 Å². The van der Waals surface area contributed by atoms with E-state index in [2.05, 4.69) is 5.32 Å². The third-order valence-electron chi connectivity index (χ3n) is 6.65. The molecule has 210 valence electrons. The van der Waals surface area contributed by atoms with Crippen molar-refractivity contribution < 1.29 is 54.1 Å². The number of nitrogens with one attached hydrogen (secondary N) is 1. The molecule has 3 aliphatic rings. The maximum Gasteiger partial charge on any atom is 0.331 e. The SMILES string of the molecule is CC1(C)C(COC2OC(CO)C(O)C(O)C2OC(=O)C=Cc2ccc(O)c(O)c2)=CC(=O)C2=C1SCC(=O)N2. The van der Waals surface area contributed by atoms with Crippen LogP contribution in [0.5, 0.6) is 11.5 Å². The van der Waals surface area contributed by atoms with Gasteiger partial charge >= 0.3 is 5.97 Å². The molecule has 5 unspecified atom stereocenters. The molecule has 4 rings (SSSR count). The number of aliphatic hydroxyl groups is 3. The molecule has 13 heteroatoms. The van der Waals surface area contributed by atoms with Gasteiger partial charge in [0.05, 0.1) is 24.7 Å². The largest absolute Gasteiger partial charge is 0.504 e. The average Bonchev–Trinajstić information content (AvgIpc) is 2.89. The van der Waals surface area contributed by atoms with Crippen LogP contribution in [0.3, 0.4) is 0 Å². The summed E-state index contributed by atoms with van der Waals surface area (Å²) in [5, 5.41) is 52.2. The number of benzene rings is 1. The number of thioether (sulfide) groups is 1. The number of aliphatic hydroxyl groups excluding tert-OH is 3. The highest BCUT2D eigenvalue weighted by atomic mass is 32.2. The number of allylic oxidation sites excluding steroid dienone is 2. The molecule has 12 nitrogen and oxygen atoms in total. The molecule has 0 radical (unpaired) electrons. The van der Waals surface area contributed by atoms with Crippen molar-refractivity contribution in [2.75, 3.05) is 19.0 Å². The number of rotatable bonds is 7. The van der Waals surface area contributed by atoms with E-state index in [0.29, 0.717) is 16.0 Å². The van der Waals surface area contributed by atoms with Gasteiger partial charge in [-0.1, -0.05) is 19.9 Å². The van der Waals surface area contributed by atoms with Crippen molar-refractivity contribution in [2.24, 2.45) is 5.41 Å². The second-order valence-corrected chi connectivity index (χ2v) is 10.7. The Balaban J connectivity index is 1.49. The van der Waals surface area contributed by atoms with Gasteiger partial charge in [0.25, 0.3) is 0 Å². The number of carbonyl (C=O) groups excluding carboxylic acids is 3. The van der Waals surface area contributed by atoms with Gasteiger partial charge < -0.3 is 45.1 Å². The number of hydrogen-bond acceptors (Lipinski definition) is 12. The summed E-state index contributed by atoms with van der Waals surface area (Å²) in [6, 6.07) is 3.90. The van der Waals surface area contributed by atoms with Crippen molar-refractivity contribution in [3.8, 4) is 11.5 Å². The molecule has 0 bridgehead atoms. The van der Waals surface area contributed by atoms with Crippen LogP contribution in [0, 0.1) is 5.41 Å². The lowest BCUT2D eigenvalue weighted by Gasteiger charge is -2.42. The first-order valence-electron chi connectivity index (χ1n) is 12.0. The topological polar surface area (TPSA) is 192 Å². The molecule has 1 aromatic rings. The molecule has 2 aliphatic heterocycles. The first-order valence-corrected chi connectivity index (χ1v) is 13.0. The number of ether oxygens (including phenoxy) is 3. The number of carbonyl (C=O) groups is 3. The smallest absolute Gasteiger partial charge is 0.331 e. The van der Waals surface area contributed by atoms with Gasteiger partial charge in [-0.05, 0) is 35.4 Å². The molecule has 0 aromatic heterocycles. The van der Waals surface area contributed by atoms with Crippen molar-refractivity contribution in [1.29, 1.82) is 0 Å². The van der Waals surface area contributed by atoms with E-state index in [0.717, 1.165) is 6.08 Å². The summed E-state index contributed by atoms with van der Waals surface area (Å²) < 4.78 is 16.8. The maximum atomic E-state index is 12.7. The Morgan fingerprint density at radius 2 is 1.95 bits per heavy atom. The van der Waals surface area contributed by atoms with Crippen molar-refractivity contribution in [2.45, 2.75) is 44.6 Å². The lowest BCUT2D eigenvalue weighted by Crippen LogP contribution is -2.60. The van der Waals surface area contributed by atoms with Crippen LogP contribution in [0.4, 0.5) is 0 Å². The van der Waals surface area contributed by atoms with E-state index >= 15 is 0 Å². The van der Waals surface area contributed by atoms with Crippen molar-refractivity contribution >= 4 is 35.5 Å². The number of amides is 1. The zero-order valence-electron chi connectivity index (χ0n) is 21.1. The van der Waals surface area contributed by atoms with Crippen LogP contribution in [0.1, 0.15) is 19.4 Å². The monoisotopic (exact) mass is 563 g/mol. The first kappa shape index (κ1) is 28.8. The Morgan fingerprint density at radius 3 is 2.64 bits per heavy atom. The summed E-state index contributed by atoms with van der Waals surface area (Å²) in [5.41, 5.74) is 0.433. The highest BCUT2D eigenvalue weighted by Gasteiger charge is 2.48. The van der Waals surface area contributed by atoms with Gasteiger partial charge in [-0.3, -0.25) is 9.59 Å². The number of aromatic hydroxyl groups is 2. The molecule has 1 saturated heterocycles. The zero-order valence-corrected chi connectivity index (χ0v) is 21.9. The minimum Gasteiger partial charge on any atom is -0.504 e. The van der Waals surface area contributed by atoms with Crippen molar-refractivity contribution in [1.82, 2.24) is 5.32 Å². The van der Waals surface area contributed by atoms with Gasteiger partial charge in [-0.2, -0.15) is 0 Å². The lowest BCUT2D eigenvalue weighted by molar-refractivity contribution is -0.301. The van der Waals surface area contributed by atoms with Gasteiger partial charge in [-0.15, -0.1) is 11.8 Å². The van der Waals surface area contributed by atoms with E-state index in [1.807, 2.05) is 13.8 Å². The first-order chi connectivity index (χ1) is 18.4. The summed E-state index contributed by atoms with van der Waals surface area (Å²) in [4.78, 5) is 37.7. The second-order valence-electron chi connectivity index (χ2n) is 9.70. The molecule has 6 N–H and O–H groups in total. The predicted octanol–water partition coefficient (Wildman–Crippen LogP) is 0.0883. The van der Waals surface area contributed by atoms with Crippen molar-refractivity contribution in [3.63, 3.8) is 0 Å². The predicted molar refractivity (Wildman–Crippen MR) is 137 cm³/mol. The van der Waals surface area contributed by atoms with Gasteiger partial charge in [0.1, 0.15) is 18.3 Å². The fourth-order valence-electron chi connectivity index (χ4n) is 4.36. The van der Waals surface area contributed by atoms with Crippen LogP contribution in [-0.2, 0) is 28.6 Å². The van der Waals surface area contributed by atoms with Crippen LogP contribution >= 0.6 is 11.8 Å². The zero-order chi connectivity index (χ0) is 28.5. The number of ketones is 1. The molecule has 1 fully saturated rings. The summed E-state index contributed by atoms with van der Waals surface area (Å²) in [6.07, 6.45) is -3.77. The molecule has 1 aliphatic carbocycles. The minimum absolute atomic E-state index is 0.160. The number of phenolic OH excluding ortho intramolecular Hbond substituents is 2. The molecule has 0 spiro atoms. The van der Waals surface area contributed by atoms with Crippen LogP contribution in [-0.4, -0.2) is 92.9 Å². The van der Waals surface area contributed by atoms with E-state index in [9.17, 15) is 39.9 Å². The molecular weight excluding hydrogens is 534 g/mol. The molecule has 1 amide bonds. The fraction of sp³-hybridized carbons (Fsp3) is 0.423. The van der Waals surface area contributed by atoms with Gasteiger partial charge in [0.2, 0.25) is 11.7 Å².